The molecule has 0 radical (unpaired) electrons. The molecule has 0 spiro atoms. The van der Waals surface area contributed by atoms with E-state index in [1.807, 2.05) is 11.9 Å². The van der Waals surface area contributed by atoms with Gasteiger partial charge in [0.1, 0.15) is 0 Å². The largest absolute Gasteiger partial charge is 0.345 e. The van der Waals surface area contributed by atoms with Gasteiger partial charge >= 0.3 is 0 Å². The van der Waals surface area contributed by atoms with E-state index in [0.717, 1.165) is 45.6 Å². The molecule has 0 aromatic heterocycles. The van der Waals surface area contributed by atoms with Gasteiger partial charge in [0.15, 0.2) is 0 Å². The van der Waals surface area contributed by atoms with Gasteiger partial charge in [-0.25, -0.2) is 0 Å². The summed E-state index contributed by atoms with van der Waals surface area (Å²) in [6, 6.07) is 0. The summed E-state index contributed by atoms with van der Waals surface area (Å²) < 4.78 is 0. The van der Waals surface area contributed by atoms with Crippen LogP contribution < -0.4 is 0 Å². The third-order valence-electron chi connectivity index (χ3n) is 3.23. The van der Waals surface area contributed by atoms with Crippen LogP contribution >= 0.6 is 0 Å². The van der Waals surface area contributed by atoms with Crippen LogP contribution in [0.25, 0.3) is 0 Å². The lowest BCUT2D eigenvalue weighted by Crippen LogP contribution is -2.48. The van der Waals surface area contributed by atoms with Crippen LogP contribution in [0.3, 0.4) is 0 Å². The Kier molecular flexibility index (Phi) is 5.77. The molecule has 1 amide bonds. The fraction of sp³-hybridized carbons (Fsp3) is 0.917. The fourth-order valence-electron chi connectivity index (χ4n) is 1.84. The maximum absolute atomic E-state index is 11.9. The normalized spacial score (nSPS) is 18.7. The van der Waals surface area contributed by atoms with E-state index in [1.54, 1.807) is 0 Å². The van der Waals surface area contributed by atoms with E-state index in [0.29, 0.717) is 6.54 Å². The number of carbonyl (C=O) groups excluding carboxylic acids is 1. The van der Waals surface area contributed by atoms with E-state index < -0.39 is 0 Å². The van der Waals surface area contributed by atoms with Crippen molar-refractivity contribution in [2.24, 2.45) is 0 Å². The third kappa shape index (κ3) is 4.49. The number of piperazine rings is 1. The lowest BCUT2D eigenvalue weighted by molar-refractivity contribution is -0.131. The predicted octanol–water partition coefficient (Wildman–Crippen LogP) is 0.492. The third-order valence-corrected chi connectivity index (χ3v) is 3.23. The monoisotopic (exact) mass is 227 g/mol. The van der Waals surface area contributed by atoms with Gasteiger partial charge in [0, 0.05) is 39.8 Å². The molecule has 4 nitrogen and oxygen atoms in total. The van der Waals surface area contributed by atoms with Crippen molar-refractivity contribution in [1.82, 2.24) is 14.7 Å². The highest BCUT2D eigenvalue weighted by Gasteiger charge is 2.18. The summed E-state index contributed by atoms with van der Waals surface area (Å²) in [5.41, 5.74) is 0. The van der Waals surface area contributed by atoms with Crippen LogP contribution in [-0.2, 0) is 4.79 Å². The minimum absolute atomic E-state index is 0.262. The maximum atomic E-state index is 11.9. The van der Waals surface area contributed by atoms with E-state index in [-0.39, 0.29) is 5.91 Å². The van der Waals surface area contributed by atoms with Crippen molar-refractivity contribution >= 4 is 5.91 Å². The number of hydrogen-bond donors (Lipinski definition) is 0. The zero-order valence-corrected chi connectivity index (χ0v) is 10.9. The summed E-state index contributed by atoms with van der Waals surface area (Å²) >= 11 is 0. The lowest BCUT2D eigenvalue weighted by Gasteiger charge is -2.32. The number of hydrogen-bond acceptors (Lipinski definition) is 3. The van der Waals surface area contributed by atoms with Gasteiger partial charge in [-0.2, -0.15) is 0 Å². The van der Waals surface area contributed by atoms with E-state index >= 15 is 0 Å². The van der Waals surface area contributed by atoms with Gasteiger partial charge in [-0.3, -0.25) is 9.69 Å². The van der Waals surface area contributed by atoms with Crippen molar-refractivity contribution in [3.05, 3.63) is 0 Å². The van der Waals surface area contributed by atoms with Crippen molar-refractivity contribution in [2.75, 3.05) is 53.4 Å². The topological polar surface area (TPSA) is 26.8 Å². The number of unbranched alkanes of at least 4 members (excludes halogenated alkanes) is 1. The molecule has 1 aliphatic rings. The Bertz CT molecular complexity index is 212. The highest BCUT2D eigenvalue weighted by molar-refractivity contribution is 5.77. The highest BCUT2D eigenvalue weighted by atomic mass is 16.2. The minimum Gasteiger partial charge on any atom is -0.345 e. The van der Waals surface area contributed by atoms with Gasteiger partial charge in [-0.1, -0.05) is 13.3 Å². The summed E-state index contributed by atoms with van der Waals surface area (Å²) in [6.07, 6.45) is 2.25. The summed E-state index contributed by atoms with van der Waals surface area (Å²) in [7, 11) is 4.04. The van der Waals surface area contributed by atoms with Gasteiger partial charge < -0.3 is 9.80 Å². The number of nitrogens with zero attached hydrogens (tertiary/aromatic N) is 3. The molecule has 1 rings (SSSR count). The van der Waals surface area contributed by atoms with Crippen LogP contribution in [0.4, 0.5) is 0 Å². The molecule has 0 N–H and O–H groups in total. The van der Waals surface area contributed by atoms with Crippen molar-refractivity contribution in [3.63, 3.8) is 0 Å². The first-order valence-electron chi connectivity index (χ1n) is 6.28. The summed E-state index contributed by atoms with van der Waals surface area (Å²) in [5, 5.41) is 0. The van der Waals surface area contributed by atoms with Crippen molar-refractivity contribution < 1.29 is 4.79 Å². The van der Waals surface area contributed by atoms with Crippen LogP contribution in [0.2, 0.25) is 0 Å². The van der Waals surface area contributed by atoms with E-state index in [4.69, 9.17) is 0 Å². The zero-order valence-electron chi connectivity index (χ0n) is 10.9. The Morgan fingerprint density at radius 2 is 1.88 bits per heavy atom. The smallest absolute Gasteiger partial charge is 0.236 e. The van der Waals surface area contributed by atoms with Gasteiger partial charge in [-0.05, 0) is 13.5 Å². The molecule has 0 aromatic carbocycles. The molecule has 0 aromatic rings. The number of rotatable bonds is 5. The van der Waals surface area contributed by atoms with Crippen LogP contribution in [0.5, 0.6) is 0 Å². The van der Waals surface area contributed by atoms with E-state index in [2.05, 4.69) is 23.8 Å². The van der Waals surface area contributed by atoms with Crippen LogP contribution in [0.15, 0.2) is 0 Å². The quantitative estimate of drug-likeness (QED) is 0.684. The Hall–Kier alpha value is -0.610. The summed E-state index contributed by atoms with van der Waals surface area (Å²) in [6.45, 7) is 7.82. The van der Waals surface area contributed by atoms with Crippen molar-refractivity contribution in [2.45, 2.75) is 19.8 Å². The Labute approximate surface area is 99.2 Å². The average Bonchev–Trinajstić information content (AvgIpc) is 2.29. The number of amides is 1. The number of carbonyl (C=O) groups is 1. The molecule has 16 heavy (non-hydrogen) atoms. The first-order chi connectivity index (χ1) is 7.63. The second kappa shape index (κ2) is 6.86. The number of likely N-dealkylation sites (N-methyl/N-ethyl adjacent to an activating group) is 2. The van der Waals surface area contributed by atoms with E-state index in [9.17, 15) is 4.79 Å². The molecule has 0 bridgehead atoms. The molecule has 0 aliphatic carbocycles. The van der Waals surface area contributed by atoms with Crippen LogP contribution in [0.1, 0.15) is 19.8 Å². The van der Waals surface area contributed by atoms with Crippen molar-refractivity contribution in [3.8, 4) is 0 Å². The highest BCUT2D eigenvalue weighted by Crippen LogP contribution is 2.00. The fourth-order valence-corrected chi connectivity index (χ4v) is 1.84. The molecule has 1 fully saturated rings. The second-order valence-electron chi connectivity index (χ2n) is 4.75. The SMILES string of the molecule is CCCCN(C)C(=O)CN1CCN(C)CC1. The van der Waals surface area contributed by atoms with Gasteiger partial charge in [-0.15, -0.1) is 0 Å². The molecule has 94 valence electrons. The standard InChI is InChI=1S/C12H25N3O/c1-4-5-6-14(3)12(16)11-15-9-7-13(2)8-10-15/h4-11H2,1-3H3. The Morgan fingerprint density at radius 1 is 1.25 bits per heavy atom. The molecular formula is C12H25N3O. The summed E-state index contributed by atoms with van der Waals surface area (Å²) in [5.74, 6) is 0.262. The van der Waals surface area contributed by atoms with Crippen LogP contribution in [-0.4, -0.2) is 74.0 Å². The second-order valence-corrected chi connectivity index (χ2v) is 4.75. The van der Waals surface area contributed by atoms with Gasteiger partial charge in [0.2, 0.25) is 5.91 Å². The summed E-state index contributed by atoms with van der Waals surface area (Å²) in [4.78, 5) is 18.3. The maximum Gasteiger partial charge on any atom is 0.236 e. The van der Waals surface area contributed by atoms with E-state index in [1.165, 1.54) is 0 Å². The molecule has 1 aliphatic heterocycles. The molecule has 0 atom stereocenters. The molecule has 4 heteroatoms. The lowest BCUT2D eigenvalue weighted by atomic mass is 10.3. The molecule has 1 heterocycles. The molecular weight excluding hydrogens is 202 g/mol. The van der Waals surface area contributed by atoms with Crippen molar-refractivity contribution in [1.29, 1.82) is 0 Å². The first-order valence-corrected chi connectivity index (χ1v) is 6.28. The molecule has 0 unspecified atom stereocenters. The first kappa shape index (κ1) is 13.5. The van der Waals surface area contributed by atoms with Crippen LogP contribution in [0, 0.1) is 0 Å². The zero-order chi connectivity index (χ0) is 12.0. The Morgan fingerprint density at radius 3 is 2.44 bits per heavy atom. The Balaban J connectivity index is 2.22. The van der Waals surface area contributed by atoms with Gasteiger partial charge in [0.05, 0.1) is 6.54 Å². The molecule has 1 saturated heterocycles. The van der Waals surface area contributed by atoms with Gasteiger partial charge in [0.25, 0.3) is 0 Å². The molecule has 0 saturated carbocycles. The minimum atomic E-state index is 0.262. The average molecular weight is 227 g/mol. The predicted molar refractivity (Wildman–Crippen MR) is 66.5 cm³/mol.